The van der Waals surface area contributed by atoms with E-state index in [0.717, 1.165) is 29.3 Å². The number of H-pyrrole nitrogens is 1. The number of nitrogens with one attached hydrogen (secondary N) is 2. The number of phenolic OH excluding ortho intramolecular Hbond substituents is 1. The highest BCUT2D eigenvalue weighted by Gasteiger charge is 2.28. The lowest BCUT2D eigenvalue weighted by molar-refractivity contribution is -0.133. The first-order chi connectivity index (χ1) is 13.6. The van der Waals surface area contributed by atoms with Crippen molar-refractivity contribution in [2.75, 3.05) is 18.4 Å². The van der Waals surface area contributed by atoms with Crippen molar-refractivity contribution >= 4 is 28.4 Å². The van der Waals surface area contributed by atoms with Crippen molar-refractivity contribution in [1.82, 2.24) is 9.88 Å². The van der Waals surface area contributed by atoms with Crippen LogP contribution in [0, 0.1) is 5.92 Å². The average molecular weight is 377 g/mol. The van der Waals surface area contributed by atoms with Crippen molar-refractivity contribution in [3.63, 3.8) is 0 Å². The topological polar surface area (TPSA) is 85.4 Å². The Labute approximate surface area is 163 Å². The smallest absolute Gasteiger partial charge is 0.229 e. The van der Waals surface area contributed by atoms with Crippen LogP contribution in [0.15, 0.2) is 54.7 Å². The number of carbonyl (C=O) groups is 2. The summed E-state index contributed by atoms with van der Waals surface area (Å²) in [5, 5.41) is 13.3. The first kappa shape index (κ1) is 18.1. The molecule has 4 rings (SSSR count). The van der Waals surface area contributed by atoms with Gasteiger partial charge in [0, 0.05) is 35.9 Å². The molecule has 1 fully saturated rings. The van der Waals surface area contributed by atoms with Gasteiger partial charge in [-0.3, -0.25) is 9.59 Å². The van der Waals surface area contributed by atoms with Gasteiger partial charge in [0.05, 0.1) is 12.3 Å². The number of anilines is 1. The average Bonchev–Trinajstić information content (AvgIpc) is 3.13. The van der Waals surface area contributed by atoms with E-state index in [1.165, 1.54) is 12.1 Å². The second-order valence-electron chi connectivity index (χ2n) is 7.25. The first-order valence-electron chi connectivity index (χ1n) is 9.53. The van der Waals surface area contributed by atoms with Crippen molar-refractivity contribution in [3.8, 4) is 5.75 Å². The Hall–Kier alpha value is -3.28. The zero-order valence-corrected chi connectivity index (χ0v) is 15.5. The quantitative estimate of drug-likeness (QED) is 0.610. The minimum atomic E-state index is -0.227. The second-order valence-corrected chi connectivity index (χ2v) is 7.25. The number of hydrogen-bond acceptors (Lipinski definition) is 3. The van der Waals surface area contributed by atoms with E-state index in [1.54, 1.807) is 17.0 Å². The first-order valence-corrected chi connectivity index (χ1v) is 9.53. The number of benzene rings is 2. The second kappa shape index (κ2) is 7.76. The molecule has 1 atom stereocenters. The molecular weight excluding hydrogens is 354 g/mol. The Morgan fingerprint density at radius 1 is 1.14 bits per heavy atom. The van der Waals surface area contributed by atoms with Gasteiger partial charge < -0.3 is 20.3 Å². The highest BCUT2D eigenvalue weighted by Crippen LogP contribution is 2.23. The number of rotatable bonds is 4. The summed E-state index contributed by atoms with van der Waals surface area (Å²) >= 11 is 0. The van der Waals surface area contributed by atoms with E-state index in [-0.39, 0.29) is 23.5 Å². The van der Waals surface area contributed by atoms with Crippen molar-refractivity contribution in [3.05, 3.63) is 60.3 Å². The van der Waals surface area contributed by atoms with Crippen LogP contribution in [0.1, 0.15) is 18.4 Å². The van der Waals surface area contributed by atoms with Crippen LogP contribution in [0.3, 0.4) is 0 Å². The third-order valence-electron chi connectivity index (χ3n) is 5.30. The minimum absolute atomic E-state index is 0.0480. The molecule has 1 saturated heterocycles. The predicted octanol–water partition coefficient (Wildman–Crippen LogP) is 3.29. The Balaban J connectivity index is 1.39. The molecule has 3 N–H and O–H groups in total. The van der Waals surface area contributed by atoms with Crippen molar-refractivity contribution in [2.24, 2.45) is 5.92 Å². The van der Waals surface area contributed by atoms with Crippen molar-refractivity contribution in [1.29, 1.82) is 0 Å². The van der Waals surface area contributed by atoms with E-state index in [4.69, 9.17) is 0 Å². The number of amides is 2. The van der Waals surface area contributed by atoms with Crippen molar-refractivity contribution in [2.45, 2.75) is 19.3 Å². The Kier molecular flexibility index (Phi) is 5.02. The SMILES string of the molecule is O=C(Nc1ccc(O)cc1)[C@@H]1CCCN(C(=O)Cc2c[nH]c3ccccc23)C1. The van der Waals surface area contributed by atoms with Gasteiger partial charge >= 0.3 is 0 Å². The molecule has 0 radical (unpaired) electrons. The summed E-state index contributed by atoms with van der Waals surface area (Å²) in [5.41, 5.74) is 2.65. The Bertz CT molecular complexity index is 994. The molecule has 6 heteroatoms. The lowest BCUT2D eigenvalue weighted by Gasteiger charge is -2.32. The van der Waals surface area contributed by atoms with E-state index in [0.29, 0.717) is 25.2 Å². The third kappa shape index (κ3) is 3.86. The molecule has 28 heavy (non-hydrogen) atoms. The maximum absolute atomic E-state index is 12.8. The molecule has 2 amide bonds. The van der Waals surface area contributed by atoms with Crippen LogP contribution in [0.4, 0.5) is 5.69 Å². The summed E-state index contributed by atoms with van der Waals surface area (Å²) in [5.74, 6) is -0.110. The fourth-order valence-corrected chi connectivity index (χ4v) is 3.76. The predicted molar refractivity (Wildman–Crippen MR) is 108 cm³/mol. The highest BCUT2D eigenvalue weighted by molar-refractivity contribution is 5.93. The molecule has 0 unspecified atom stereocenters. The molecule has 0 bridgehead atoms. The Morgan fingerprint density at radius 2 is 1.93 bits per heavy atom. The number of nitrogens with zero attached hydrogens (tertiary/aromatic N) is 1. The number of aromatic hydroxyl groups is 1. The summed E-state index contributed by atoms with van der Waals surface area (Å²) in [7, 11) is 0. The minimum Gasteiger partial charge on any atom is -0.508 e. The number of carbonyl (C=O) groups excluding carboxylic acids is 2. The molecular formula is C22H23N3O3. The van der Waals surface area contributed by atoms with Gasteiger partial charge in [-0.15, -0.1) is 0 Å². The molecule has 0 saturated carbocycles. The summed E-state index contributed by atoms with van der Waals surface area (Å²) in [6.45, 7) is 1.12. The largest absolute Gasteiger partial charge is 0.508 e. The van der Waals surface area contributed by atoms with Crippen LogP contribution < -0.4 is 5.32 Å². The lowest BCUT2D eigenvalue weighted by atomic mass is 9.96. The molecule has 0 aliphatic carbocycles. The summed E-state index contributed by atoms with van der Waals surface area (Å²) < 4.78 is 0. The lowest BCUT2D eigenvalue weighted by Crippen LogP contribution is -2.44. The number of piperidine rings is 1. The fraction of sp³-hybridized carbons (Fsp3) is 0.273. The maximum Gasteiger partial charge on any atom is 0.229 e. The van der Waals surface area contributed by atoms with Gasteiger partial charge in [-0.1, -0.05) is 18.2 Å². The number of likely N-dealkylation sites (tertiary alicyclic amines) is 1. The molecule has 1 aliphatic rings. The summed E-state index contributed by atoms with van der Waals surface area (Å²) in [6, 6.07) is 14.3. The molecule has 2 heterocycles. The molecule has 1 aromatic heterocycles. The van der Waals surface area contributed by atoms with E-state index < -0.39 is 0 Å². The summed E-state index contributed by atoms with van der Waals surface area (Å²) in [4.78, 5) is 30.4. The molecule has 3 aromatic rings. The number of phenols is 1. The van der Waals surface area contributed by atoms with E-state index >= 15 is 0 Å². The molecule has 0 spiro atoms. The van der Waals surface area contributed by atoms with Gasteiger partial charge in [0.2, 0.25) is 11.8 Å². The van der Waals surface area contributed by atoms with Gasteiger partial charge in [-0.25, -0.2) is 0 Å². The van der Waals surface area contributed by atoms with Crippen LogP contribution >= 0.6 is 0 Å². The Morgan fingerprint density at radius 3 is 2.75 bits per heavy atom. The van der Waals surface area contributed by atoms with E-state index in [9.17, 15) is 14.7 Å². The third-order valence-corrected chi connectivity index (χ3v) is 5.30. The van der Waals surface area contributed by atoms with Gasteiger partial charge in [0.25, 0.3) is 0 Å². The zero-order chi connectivity index (χ0) is 19.5. The normalized spacial score (nSPS) is 16.9. The standard InChI is InChI=1S/C22H23N3O3/c26-18-9-7-17(8-10-18)24-22(28)15-4-3-11-25(14-15)21(27)12-16-13-23-20-6-2-1-5-19(16)20/h1-2,5-10,13,15,23,26H,3-4,11-12,14H2,(H,24,28)/t15-/m1/s1. The molecule has 6 nitrogen and oxygen atoms in total. The van der Waals surface area contributed by atoms with Crippen LogP contribution in [0.2, 0.25) is 0 Å². The maximum atomic E-state index is 12.8. The molecule has 2 aromatic carbocycles. The van der Waals surface area contributed by atoms with Crippen LogP contribution in [0.25, 0.3) is 10.9 Å². The van der Waals surface area contributed by atoms with E-state index in [1.807, 2.05) is 30.5 Å². The van der Waals surface area contributed by atoms with Gasteiger partial charge in [0.15, 0.2) is 0 Å². The summed E-state index contributed by atoms with van der Waals surface area (Å²) in [6.07, 6.45) is 3.80. The number of hydrogen-bond donors (Lipinski definition) is 3. The van der Waals surface area contributed by atoms with E-state index in [2.05, 4.69) is 10.3 Å². The number of para-hydroxylation sites is 1. The molecule has 1 aliphatic heterocycles. The van der Waals surface area contributed by atoms with Gasteiger partial charge in [0.1, 0.15) is 5.75 Å². The highest BCUT2D eigenvalue weighted by atomic mass is 16.3. The fourth-order valence-electron chi connectivity index (χ4n) is 3.76. The number of aromatic nitrogens is 1. The van der Waals surface area contributed by atoms with Gasteiger partial charge in [-0.2, -0.15) is 0 Å². The van der Waals surface area contributed by atoms with Crippen LogP contribution in [-0.2, 0) is 16.0 Å². The van der Waals surface area contributed by atoms with Gasteiger partial charge in [-0.05, 0) is 48.7 Å². The van der Waals surface area contributed by atoms with Crippen LogP contribution in [0.5, 0.6) is 5.75 Å². The van der Waals surface area contributed by atoms with Crippen LogP contribution in [-0.4, -0.2) is 39.9 Å². The van der Waals surface area contributed by atoms with Crippen molar-refractivity contribution < 1.29 is 14.7 Å². The monoisotopic (exact) mass is 377 g/mol. The number of fused-ring (bicyclic) bond motifs is 1. The zero-order valence-electron chi connectivity index (χ0n) is 15.5. The molecule has 144 valence electrons. The number of aromatic amines is 1.